The molecule has 0 radical (unpaired) electrons. The molecule has 1 rings (SSSR count). The van der Waals surface area contributed by atoms with Crippen molar-refractivity contribution < 1.29 is 72.5 Å². The number of ketones is 5. The second-order valence-electron chi connectivity index (χ2n) is 13.6. The van der Waals surface area contributed by atoms with Gasteiger partial charge >= 0.3 is 0 Å². The zero-order valence-electron chi connectivity index (χ0n) is 31.2. The molecule has 0 saturated carbocycles. The normalized spacial score (nSPS) is 18.2. The first-order valence-corrected chi connectivity index (χ1v) is 21.8. The molecule has 55 heavy (non-hydrogen) atoms. The standard InChI is InChI=1S/C30H52N6O16S3/c1-21(37)14-33-5-7-34(15-22(2)38)9-11-36(12-10-35(8-6-33)16-23(3)39)17-29(42)31-27(20-55(50,51)52)28(41)13-25(18-53(44,45)46)30(43)32-26(24(4)40)19-54(47,48)49/h25-27H,5-20H2,1-4H3,(H,31,42)(H,32,43)(H,44,45,46)(H,47,48,49)(H,50,51,52)/t25-,26-,27?/m0/s1. The molecule has 1 aliphatic heterocycles. The molecule has 1 heterocycles. The number of Topliss-reactive ketones (excluding diaryl/α,β-unsaturated/α-hetero) is 5. The molecule has 1 fully saturated rings. The summed E-state index contributed by atoms with van der Waals surface area (Å²) in [6.45, 7) is 7.18. The summed E-state index contributed by atoms with van der Waals surface area (Å²) >= 11 is 0. The first-order chi connectivity index (χ1) is 25.1. The third-order valence-electron chi connectivity index (χ3n) is 8.15. The van der Waals surface area contributed by atoms with E-state index in [1.165, 1.54) is 20.8 Å². The predicted octanol–water partition coefficient (Wildman–Crippen LogP) is -4.23. The van der Waals surface area contributed by atoms with Gasteiger partial charge in [0.15, 0.2) is 11.6 Å². The first-order valence-electron chi connectivity index (χ1n) is 17.0. The van der Waals surface area contributed by atoms with E-state index in [1.54, 1.807) is 4.90 Å². The molecule has 0 spiro atoms. The molecular formula is C30H52N6O16S3. The Morgan fingerprint density at radius 1 is 0.509 bits per heavy atom. The molecule has 22 nitrogen and oxygen atoms in total. The minimum absolute atomic E-state index is 0.0522. The molecule has 5 N–H and O–H groups in total. The van der Waals surface area contributed by atoms with Gasteiger partial charge in [-0.15, -0.1) is 0 Å². The van der Waals surface area contributed by atoms with Gasteiger partial charge in [-0.1, -0.05) is 0 Å². The maximum atomic E-state index is 13.4. The van der Waals surface area contributed by atoms with Gasteiger partial charge in [-0.2, -0.15) is 25.3 Å². The van der Waals surface area contributed by atoms with Crippen LogP contribution in [-0.2, 0) is 63.9 Å². The largest absolute Gasteiger partial charge is 0.345 e. The van der Waals surface area contributed by atoms with E-state index in [0.717, 1.165) is 6.92 Å². The fourth-order valence-electron chi connectivity index (χ4n) is 5.65. The van der Waals surface area contributed by atoms with Gasteiger partial charge in [0.05, 0.1) is 37.8 Å². The van der Waals surface area contributed by atoms with Crippen LogP contribution in [0.25, 0.3) is 0 Å². The fraction of sp³-hybridized carbons (Fsp3) is 0.767. The molecule has 1 unspecified atom stereocenters. The molecule has 1 saturated heterocycles. The van der Waals surface area contributed by atoms with Gasteiger partial charge in [-0.05, 0) is 27.7 Å². The third-order valence-corrected chi connectivity index (χ3v) is 10.5. The Hall–Kier alpha value is -3.14. The maximum Gasteiger partial charge on any atom is 0.267 e. The molecule has 0 aromatic carbocycles. The molecule has 316 valence electrons. The van der Waals surface area contributed by atoms with Crippen LogP contribution in [0, 0.1) is 5.92 Å². The lowest BCUT2D eigenvalue weighted by molar-refractivity contribution is -0.132. The second-order valence-corrected chi connectivity index (χ2v) is 18.1. The van der Waals surface area contributed by atoms with Crippen molar-refractivity contribution in [3.05, 3.63) is 0 Å². The van der Waals surface area contributed by atoms with Crippen LogP contribution in [0.2, 0.25) is 0 Å². The summed E-state index contributed by atoms with van der Waals surface area (Å²) in [5, 5.41) is 4.03. The van der Waals surface area contributed by atoms with Gasteiger partial charge in [0.2, 0.25) is 11.8 Å². The van der Waals surface area contributed by atoms with Crippen LogP contribution in [0.3, 0.4) is 0 Å². The number of amides is 2. The summed E-state index contributed by atoms with van der Waals surface area (Å²) < 4.78 is 98.0. The topological polar surface area (TPSA) is 320 Å². The number of rotatable bonds is 21. The zero-order valence-corrected chi connectivity index (χ0v) is 33.7. The van der Waals surface area contributed by atoms with E-state index in [0.29, 0.717) is 26.2 Å². The van der Waals surface area contributed by atoms with E-state index < -0.39 is 102 Å². The lowest BCUT2D eigenvalue weighted by Crippen LogP contribution is -2.52. The van der Waals surface area contributed by atoms with E-state index in [-0.39, 0.29) is 63.2 Å². The Labute approximate surface area is 320 Å². The number of nitrogens with zero attached hydrogens (tertiary/aromatic N) is 4. The van der Waals surface area contributed by atoms with Crippen LogP contribution in [0.5, 0.6) is 0 Å². The molecule has 0 aromatic heterocycles. The molecule has 0 aliphatic carbocycles. The summed E-state index contributed by atoms with van der Waals surface area (Å²) in [4.78, 5) is 94.7. The van der Waals surface area contributed by atoms with Crippen molar-refractivity contribution in [2.75, 3.05) is 95.8 Å². The Balaban J connectivity index is 3.34. The number of nitrogens with one attached hydrogen (secondary N) is 2. The summed E-state index contributed by atoms with van der Waals surface area (Å²) in [7, 11) is -14.9. The SMILES string of the molecule is CC(=O)CN1CCN(CC(C)=O)CCN(CC(=O)NC(CS(=O)(=O)O)C(=O)C[C@@H](CS(=O)(=O)O)C(=O)N[C@@H](CS(=O)(=O)O)C(C)=O)CCN(CC(C)=O)CC1. The molecule has 1 aliphatic rings. The van der Waals surface area contributed by atoms with Gasteiger partial charge in [-0.25, -0.2) is 0 Å². The Bertz CT molecular complexity index is 1710. The van der Waals surface area contributed by atoms with Gasteiger partial charge < -0.3 is 10.6 Å². The van der Waals surface area contributed by atoms with E-state index >= 15 is 0 Å². The highest BCUT2D eigenvalue weighted by Crippen LogP contribution is 2.12. The highest BCUT2D eigenvalue weighted by atomic mass is 32.2. The van der Waals surface area contributed by atoms with Crippen LogP contribution in [0.15, 0.2) is 0 Å². The Kier molecular flexibility index (Phi) is 20.5. The van der Waals surface area contributed by atoms with Crippen molar-refractivity contribution in [2.45, 2.75) is 46.2 Å². The Morgan fingerprint density at radius 2 is 0.836 bits per heavy atom. The molecule has 0 aromatic rings. The lowest BCUT2D eigenvalue weighted by atomic mass is 9.99. The number of carbonyl (C=O) groups is 7. The summed E-state index contributed by atoms with van der Waals surface area (Å²) in [6.07, 6.45) is -1.20. The van der Waals surface area contributed by atoms with Crippen LogP contribution in [0.1, 0.15) is 34.1 Å². The van der Waals surface area contributed by atoms with E-state index in [9.17, 15) is 67.9 Å². The quantitative estimate of drug-likeness (QED) is 0.0683. The van der Waals surface area contributed by atoms with Crippen LogP contribution >= 0.6 is 0 Å². The van der Waals surface area contributed by atoms with Crippen LogP contribution < -0.4 is 10.6 Å². The monoisotopic (exact) mass is 848 g/mol. The number of carbonyl (C=O) groups excluding carboxylic acids is 7. The smallest absolute Gasteiger partial charge is 0.267 e. The summed E-state index contributed by atoms with van der Waals surface area (Å²) in [5.74, 6) is -11.4. The average molecular weight is 849 g/mol. The molecule has 25 heteroatoms. The van der Waals surface area contributed by atoms with Crippen molar-refractivity contribution in [1.82, 2.24) is 30.2 Å². The van der Waals surface area contributed by atoms with E-state index in [4.69, 9.17) is 4.55 Å². The van der Waals surface area contributed by atoms with Gasteiger partial charge in [0.1, 0.15) is 40.9 Å². The minimum Gasteiger partial charge on any atom is -0.345 e. The van der Waals surface area contributed by atoms with Gasteiger partial charge in [0.25, 0.3) is 30.4 Å². The van der Waals surface area contributed by atoms with Gasteiger partial charge in [-0.3, -0.25) is 66.8 Å². The van der Waals surface area contributed by atoms with Crippen LogP contribution in [0.4, 0.5) is 0 Å². The minimum atomic E-state index is -5.05. The second kappa shape index (κ2) is 22.6. The van der Waals surface area contributed by atoms with Crippen molar-refractivity contribution in [3.8, 4) is 0 Å². The molecule has 0 bridgehead atoms. The Morgan fingerprint density at radius 3 is 1.15 bits per heavy atom. The number of hydrogen-bond acceptors (Lipinski definition) is 17. The summed E-state index contributed by atoms with van der Waals surface area (Å²) in [6, 6.07) is -3.99. The van der Waals surface area contributed by atoms with Gasteiger partial charge in [0, 0.05) is 58.8 Å². The third kappa shape index (κ3) is 23.5. The highest BCUT2D eigenvalue weighted by molar-refractivity contribution is 7.86. The lowest BCUT2D eigenvalue weighted by Gasteiger charge is -2.33. The zero-order chi connectivity index (χ0) is 42.3. The van der Waals surface area contributed by atoms with E-state index in [1.807, 2.05) is 20.0 Å². The van der Waals surface area contributed by atoms with E-state index in [2.05, 4.69) is 5.32 Å². The fourth-order valence-corrected chi connectivity index (χ4v) is 7.86. The van der Waals surface area contributed by atoms with Crippen LogP contribution in [-0.4, -0.2) is 207 Å². The van der Waals surface area contributed by atoms with Crippen molar-refractivity contribution in [3.63, 3.8) is 0 Å². The predicted molar refractivity (Wildman–Crippen MR) is 195 cm³/mol. The first kappa shape index (κ1) is 49.9. The molecule has 2 amide bonds. The summed E-state index contributed by atoms with van der Waals surface area (Å²) in [5.41, 5.74) is 0. The van der Waals surface area contributed by atoms with Crippen molar-refractivity contribution >= 4 is 71.1 Å². The average Bonchev–Trinajstić information content (AvgIpc) is 2.98. The maximum absolute atomic E-state index is 13.4. The van der Waals surface area contributed by atoms with Crippen molar-refractivity contribution in [2.24, 2.45) is 5.92 Å². The van der Waals surface area contributed by atoms with Crippen molar-refractivity contribution in [1.29, 1.82) is 0 Å². The molecule has 3 atom stereocenters. The highest BCUT2D eigenvalue weighted by Gasteiger charge is 2.35. The number of hydrogen-bond donors (Lipinski definition) is 5. The molecular weight excluding hydrogens is 797 g/mol.